The van der Waals surface area contributed by atoms with Gasteiger partial charge in [-0.1, -0.05) is 18.2 Å². The lowest BCUT2D eigenvalue weighted by molar-refractivity contribution is -0.239. The molecule has 0 radical (unpaired) electrons. The Balaban J connectivity index is 2.68. The van der Waals surface area contributed by atoms with Crippen molar-refractivity contribution in [2.24, 2.45) is 7.05 Å². The molecule has 0 fully saturated rings. The summed E-state index contributed by atoms with van der Waals surface area (Å²) in [5.41, 5.74) is 1.01. The molecule has 2 rings (SSSR count). The fourth-order valence-electron chi connectivity index (χ4n) is 2.06. The quantitative estimate of drug-likeness (QED) is 0.640. The smallest absolute Gasteiger partial charge is 0.350 e. The van der Waals surface area contributed by atoms with Gasteiger partial charge in [0.25, 0.3) is 0 Å². The first-order valence-electron chi connectivity index (χ1n) is 5.39. The average Bonchev–Trinajstić information content (AvgIpc) is 2.67. The zero-order valence-electron chi connectivity index (χ0n) is 10.1. The molecule has 17 heavy (non-hydrogen) atoms. The van der Waals surface area contributed by atoms with Gasteiger partial charge in [0.05, 0.1) is 5.41 Å². The van der Waals surface area contributed by atoms with Crippen LogP contribution in [0.1, 0.15) is 19.4 Å². The summed E-state index contributed by atoms with van der Waals surface area (Å²) >= 11 is 0. The van der Waals surface area contributed by atoms with E-state index in [0.717, 1.165) is 16.5 Å². The molecule has 0 aliphatic heterocycles. The van der Waals surface area contributed by atoms with Crippen LogP contribution in [0, 0.1) is 0 Å². The van der Waals surface area contributed by atoms with Crippen molar-refractivity contribution >= 4 is 16.9 Å². The molecule has 0 amide bonds. The molecule has 0 atom stereocenters. The van der Waals surface area contributed by atoms with E-state index in [4.69, 9.17) is 5.26 Å². The Kier molecular flexibility index (Phi) is 2.67. The van der Waals surface area contributed by atoms with Crippen molar-refractivity contribution in [2.75, 3.05) is 0 Å². The van der Waals surface area contributed by atoms with Crippen molar-refractivity contribution in [3.63, 3.8) is 0 Å². The van der Waals surface area contributed by atoms with E-state index in [1.54, 1.807) is 13.8 Å². The lowest BCUT2D eigenvalue weighted by Gasteiger charge is -2.19. The Labute approximate surface area is 99.4 Å². The summed E-state index contributed by atoms with van der Waals surface area (Å²) in [6.07, 6.45) is 1.89. The number of aromatic nitrogens is 1. The molecule has 0 bridgehead atoms. The number of fused-ring (bicyclic) bond motifs is 1. The summed E-state index contributed by atoms with van der Waals surface area (Å²) in [5, 5.41) is 9.55. The largest absolute Gasteiger partial charge is 0.352 e. The monoisotopic (exact) mass is 233 g/mol. The number of para-hydroxylation sites is 1. The third kappa shape index (κ3) is 1.70. The van der Waals surface area contributed by atoms with Crippen LogP contribution in [0.15, 0.2) is 30.5 Å². The average molecular weight is 233 g/mol. The van der Waals surface area contributed by atoms with Gasteiger partial charge >= 0.3 is 5.97 Å². The standard InChI is InChI=1S/C13H15NO3/c1-13(2,12(15)17-16)10-8-14(3)11-7-5-4-6-9(10)11/h4-8,16H,1-3H3. The van der Waals surface area contributed by atoms with Gasteiger partial charge < -0.3 is 9.45 Å². The van der Waals surface area contributed by atoms with Crippen LogP contribution in [0.4, 0.5) is 0 Å². The number of aryl methyl sites for hydroxylation is 1. The summed E-state index contributed by atoms with van der Waals surface area (Å²) < 4.78 is 1.96. The highest BCUT2D eigenvalue weighted by atomic mass is 17.1. The molecule has 0 saturated carbocycles. The molecule has 0 aliphatic carbocycles. The van der Waals surface area contributed by atoms with Crippen molar-refractivity contribution < 1.29 is 14.9 Å². The Morgan fingerprint density at radius 1 is 1.35 bits per heavy atom. The van der Waals surface area contributed by atoms with Gasteiger partial charge in [0.1, 0.15) is 0 Å². The summed E-state index contributed by atoms with van der Waals surface area (Å²) in [6.45, 7) is 3.46. The van der Waals surface area contributed by atoms with E-state index >= 15 is 0 Å². The van der Waals surface area contributed by atoms with Crippen LogP contribution in [0.3, 0.4) is 0 Å². The van der Waals surface area contributed by atoms with Crippen molar-refractivity contribution in [1.82, 2.24) is 4.57 Å². The van der Waals surface area contributed by atoms with Crippen molar-refractivity contribution in [2.45, 2.75) is 19.3 Å². The van der Waals surface area contributed by atoms with Crippen molar-refractivity contribution in [3.8, 4) is 0 Å². The molecule has 4 nitrogen and oxygen atoms in total. The van der Waals surface area contributed by atoms with Gasteiger partial charge in [-0.2, -0.15) is 5.26 Å². The van der Waals surface area contributed by atoms with Crippen LogP contribution < -0.4 is 0 Å². The number of hydrogen-bond acceptors (Lipinski definition) is 3. The van der Waals surface area contributed by atoms with E-state index in [1.165, 1.54) is 0 Å². The number of benzene rings is 1. The van der Waals surface area contributed by atoms with Crippen molar-refractivity contribution in [1.29, 1.82) is 0 Å². The van der Waals surface area contributed by atoms with E-state index in [0.29, 0.717) is 0 Å². The fraction of sp³-hybridized carbons (Fsp3) is 0.308. The number of carbonyl (C=O) groups is 1. The third-order valence-corrected chi connectivity index (χ3v) is 3.16. The predicted octanol–water partition coefficient (Wildman–Crippen LogP) is 2.47. The second kappa shape index (κ2) is 3.89. The minimum Gasteiger partial charge on any atom is -0.350 e. The lowest BCUT2D eigenvalue weighted by Crippen LogP contribution is -2.30. The Hall–Kier alpha value is -1.81. The minimum absolute atomic E-state index is 0.658. The maximum Gasteiger partial charge on any atom is 0.352 e. The maximum atomic E-state index is 11.6. The highest BCUT2D eigenvalue weighted by Crippen LogP contribution is 2.32. The van der Waals surface area contributed by atoms with Gasteiger partial charge in [-0.25, -0.2) is 4.79 Å². The molecule has 0 saturated heterocycles. The molecule has 1 N–H and O–H groups in total. The predicted molar refractivity (Wildman–Crippen MR) is 64.7 cm³/mol. The summed E-state index contributed by atoms with van der Waals surface area (Å²) in [4.78, 5) is 15.5. The van der Waals surface area contributed by atoms with Gasteiger partial charge in [0.15, 0.2) is 0 Å². The van der Waals surface area contributed by atoms with Crippen LogP contribution in [-0.2, 0) is 22.1 Å². The van der Waals surface area contributed by atoms with E-state index in [1.807, 2.05) is 42.1 Å². The first-order valence-corrected chi connectivity index (χ1v) is 5.39. The zero-order valence-corrected chi connectivity index (χ0v) is 10.1. The van der Waals surface area contributed by atoms with E-state index in [2.05, 4.69) is 4.89 Å². The number of nitrogens with zero attached hydrogens (tertiary/aromatic N) is 1. The second-order valence-corrected chi connectivity index (χ2v) is 4.67. The van der Waals surface area contributed by atoms with Gasteiger partial charge in [0, 0.05) is 24.1 Å². The Morgan fingerprint density at radius 3 is 2.65 bits per heavy atom. The molecule has 90 valence electrons. The van der Waals surface area contributed by atoms with Crippen LogP contribution >= 0.6 is 0 Å². The molecule has 4 heteroatoms. The lowest BCUT2D eigenvalue weighted by atomic mass is 9.84. The Bertz CT molecular complexity index is 569. The SMILES string of the molecule is Cn1cc(C(C)(C)C(=O)OO)c2ccccc21. The second-order valence-electron chi connectivity index (χ2n) is 4.67. The molecular weight excluding hydrogens is 218 g/mol. The normalized spacial score (nSPS) is 11.8. The van der Waals surface area contributed by atoms with Gasteiger partial charge in [-0.3, -0.25) is 0 Å². The number of hydrogen-bond donors (Lipinski definition) is 1. The first kappa shape index (κ1) is 11.7. The van der Waals surface area contributed by atoms with Crippen LogP contribution in [0.5, 0.6) is 0 Å². The molecule has 1 heterocycles. The number of carbonyl (C=O) groups excluding carboxylic acids is 1. The van der Waals surface area contributed by atoms with E-state index in [9.17, 15) is 4.79 Å². The third-order valence-electron chi connectivity index (χ3n) is 3.16. The Morgan fingerprint density at radius 2 is 2.00 bits per heavy atom. The summed E-state index contributed by atoms with van der Waals surface area (Å²) in [7, 11) is 1.92. The molecule has 0 spiro atoms. The highest BCUT2D eigenvalue weighted by Gasteiger charge is 2.34. The number of rotatable bonds is 2. The van der Waals surface area contributed by atoms with Gasteiger partial charge in [-0.05, 0) is 25.5 Å². The molecule has 2 aromatic rings. The van der Waals surface area contributed by atoms with Crippen LogP contribution in [-0.4, -0.2) is 15.8 Å². The molecule has 0 unspecified atom stereocenters. The maximum absolute atomic E-state index is 11.6. The van der Waals surface area contributed by atoms with Crippen LogP contribution in [0.25, 0.3) is 10.9 Å². The molecule has 1 aromatic carbocycles. The van der Waals surface area contributed by atoms with E-state index in [-0.39, 0.29) is 0 Å². The topological polar surface area (TPSA) is 51.5 Å². The van der Waals surface area contributed by atoms with E-state index < -0.39 is 11.4 Å². The molecular formula is C13H15NO3. The molecule has 0 aliphatic rings. The summed E-state index contributed by atoms with van der Waals surface area (Å²) in [5.74, 6) is -0.658. The van der Waals surface area contributed by atoms with Crippen molar-refractivity contribution in [3.05, 3.63) is 36.0 Å². The minimum atomic E-state index is -0.879. The highest BCUT2D eigenvalue weighted by molar-refractivity contribution is 5.92. The molecule has 1 aromatic heterocycles. The zero-order chi connectivity index (χ0) is 12.6. The van der Waals surface area contributed by atoms with Gasteiger partial charge in [0.2, 0.25) is 0 Å². The van der Waals surface area contributed by atoms with Gasteiger partial charge in [-0.15, -0.1) is 0 Å². The summed E-state index contributed by atoms with van der Waals surface area (Å²) in [6, 6.07) is 7.81. The first-order chi connectivity index (χ1) is 7.98. The fourth-order valence-corrected chi connectivity index (χ4v) is 2.06. The van der Waals surface area contributed by atoms with Crippen LogP contribution in [0.2, 0.25) is 0 Å².